The van der Waals surface area contributed by atoms with Gasteiger partial charge in [0.05, 0.1) is 5.69 Å². The summed E-state index contributed by atoms with van der Waals surface area (Å²) in [6, 6.07) is 10.3. The smallest absolute Gasteiger partial charge is 0.340 e. The third-order valence-electron chi connectivity index (χ3n) is 3.32. The predicted molar refractivity (Wildman–Crippen MR) is 88.6 cm³/mol. The number of aromatic nitrogens is 2. The Hall–Kier alpha value is -1.88. The number of aromatic carboxylic acids is 1. The van der Waals surface area contributed by atoms with Crippen LogP contribution in [-0.4, -0.2) is 26.8 Å². The van der Waals surface area contributed by atoms with E-state index in [0.717, 1.165) is 18.6 Å². The lowest BCUT2D eigenvalue weighted by atomic mass is 10.1. The van der Waals surface area contributed by atoms with Gasteiger partial charge in [0.25, 0.3) is 0 Å². The van der Waals surface area contributed by atoms with Crippen molar-refractivity contribution in [2.45, 2.75) is 38.1 Å². The summed E-state index contributed by atoms with van der Waals surface area (Å²) in [4.78, 5) is 20.0. The van der Waals surface area contributed by atoms with Crippen molar-refractivity contribution in [3.05, 3.63) is 53.0 Å². The number of carboxylic acids is 1. The molecule has 0 spiro atoms. The van der Waals surface area contributed by atoms with Crippen molar-refractivity contribution in [2.75, 3.05) is 5.75 Å². The standard InChI is InChI=1S/C17H20N2O2S/c1-3-14-18-12(2)15(17(20)21)16(19-14)22-11-7-10-13-8-5-4-6-9-13/h4-6,8-9H,3,7,10-11H2,1-2H3,(H,20,21). The normalized spacial score (nSPS) is 10.6. The summed E-state index contributed by atoms with van der Waals surface area (Å²) in [7, 11) is 0. The number of benzene rings is 1. The Morgan fingerprint density at radius 1 is 1.23 bits per heavy atom. The summed E-state index contributed by atoms with van der Waals surface area (Å²) >= 11 is 1.51. The molecular formula is C17H20N2O2S. The molecule has 0 aliphatic heterocycles. The van der Waals surface area contributed by atoms with Gasteiger partial charge in [-0.15, -0.1) is 11.8 Å². The minimum atomic E-state index is -0.953. The highest BCUT2D eigenvalue weighted by Crippen LogP contribution is 2.24. The molecular weight excluding hydrogens is 296 g/mol. The third kappa shape index (κ3) is 4.31. The molecule has 1 aromatic carbocycles. The second kappa shape index (κ2) is 7.94. The first-order valence-corrected chi connectivity index (χ1v) is 8.38. The fourth-order valence-electron chi connectivity index (χ4n) is 2.20. The van der Waals surface area contributed by atoms with Crippen molar-refractivity contribution in [2.24, 2.45) is 0 Å². The summed E-state index contributed by atoms with van der Waals surface area (Å²) in [5.41, 5.74) is 2.08. The first-order chi connectivity index (χ1) is 10.6. The maximum Gasteiger partial charge on any atom is 0.340 e. The molecule has 0 atom stereocenters. The van der Waals surface area contributed by atoms with Crippen LogP contribution in [0.4, 0.5) is 0 Å². The lowest BCUT2D eigenvalue weighted by molar-refractivity contribution is 0.0690. The summed E-state index contributed by atoms with van der Waals surface area (Å²) in [5, 5.41) is 9.94. The minimum Gasteiger partial charge on any atom is -0.478 e. The second-order valence-corrected chi connectivity index (χ2v) is 6.09. The molecule has 4 nitrogen and oxygen atoms in total. The van der Waals surface area contributed by atoms with Crippen molar-refractivity contribution in [3.8, 4) is 0 Å². The van der Waals surface area contributed by atoms with E-state index in [1.807, 2.05) is 25.1 Å². The summed E-state index contributed by atoms with van der Waals surface area (Å²) in [5.74, 6) is 0.591. The van der Waals surface area contributed by atoms with E-state index in [-0.39, 0.29) is 5.56 Å². The highest BCUT2D eigenvalue weighted by molar-refractivity contribution is 7.99. The zero-order valence-corrected chi connectivity index (χ0v) is 13.7. The number of aryl methyl sites for hydroxylation is 3. The molecule has 0 bridgehead atoms. The summed E-state index contributed by atoms with van der Waals surface area (Å²) in [6.07, 6.45) is 2.68. The maximum atomic E-state index is 11.4. The van der Waals surface area contributed by atoms with Gasteiger partial charge in [0.15, 0.2) is 0 Å². The quantitative estimate of drug-likeness (QED) is 0.478. The van der Waals surface area contributed by atoms with Crippen LogP contribution in [0.25, 0.3) is 0 Å². The average molecular weight is 316 g/mol. The van der Waals surface area contributed by atoms with Crippen LogP contribution >= 0.6 is 11.8 Å². The molecule has 0 saturated heterocycles. The number of nitrogens with zero attached hydrogens (tertiary/aromatic N) is 2. The van der Waals surface area contributed by atoms with Crippen LogP contribution in [-0.2, 0) is 12.8 Å². The van der Waals surface area contributed by atoms with Gasteiger partial charge >= 0.3 is 5.97 Å². The Balaban J connectivity index is 2.02. The Labute approximate surface area is 135 Å². The zero-order chi connectivity index (χ0) is 15.9. The number of carbonyl (C=O) groups is 1. The lowest BCUT2D eigenvalue weighted by Crippen LogP contribution is -2.09. The molecule has 0 aliphatic rings. The van der Waals surface area contributed by atoms with Gasteiger partial charge in [-0.1, -0.05) is 37.3 Å². The van der Waals surface area contributed by atoms with Crippen LogP contribution in [0, 0.1) is 6.92 Å². The average Bonchev–Trinajstić information content (AvgIpc) is 2.51. The number of hydrogen-bond donors (Lipinski definition) is 1. The fourth-order valence-corrected chi connectivity index (χ4v) is 3.23. The Morgan fingerprint density at radius 3 is 2.59 bits per heavy atom. The van der Waals surface area contributed by atoms with Gasteiger partial charge in [0.1, 0.15) is 16.4 Å². The van der Waals surface area contributed by atoms with E-state index >= 15 is 0 Å². The maximum absolute atomic E-state index is 11.4. The lowest BCUT2D eigenvalue weighted by Gasteiger charge is -2.09. The van der Waals surface area contributed by atoms with Crippen LogP contribution in [0.5, 0.6) is 0 Å². The molecule has 0 aliphatic carbocycles. The number of rotatable bonds is 7. The molecule has 1 aromatic heterocycles. The highest BCUT2D eigenvalue weighted by atomic mass is 32.2. The molecule has 0 unspecified atom stereocenters. The molecule has 2 rings (SSSR count). The fraction of sp³-hybridized carbons (Fsp3) is 0.353. The molecule has 0 amide bonds. The monoisotopic (exact) mass is 316 g/mol. The van der Waals surface area contributed by atoms with Crippen LogP contribution in [0.1, 0.15) is 40.8 Å². The van der Waals surface area contributed by atoms with Crippen molar-refractivity contribution >= 4 is 17.7 Å². The van der Waals surface area contributed by atoms with E-state index in [0.29, 0.717) is 23.0 Å². The second-order valence-electron chi connectivity index (χ2n) is 5.00. The minimum absolute atomic E-state index is 0.238. The van der Waals surface area contributed by atoms with Crippen molar-refractivity contribution in [1.82, 2.24) is 9.97 Å². The van der Waals surface area contributed by atoms with Gasteiger partial charge in [-0.3, -0.25) is 0 Å². The molecule has 0 saturated carbocycles. The van der Waals surface area contributed by atoms with Crippen LogP contribution < -0.4 is 0 Å². The molecule has 1 heterocycles. The number of thioether (sulfide) groups is 1. The number of carboxylic acid groups (broad SMARTS) is 1. The summed E-state index contributed by atoms with van der Waals surface area (Å²) in [6.45, 7) is 3.71. The Bertz CT molecular complexity index is 645. The number of hydrogen-bond acceptors (Lipinski definition) is 4. The van der Waals surface area contributed by atoms with E-state index in [1.54, 1.807) is 6.92 Å². The topological polar surface area (TPSA) is 63.1 Å². The predicted octanol–water partition coefficient (Wildman–Crippen LogP) is 3.77. The third-order valence-corrected chi connectivity index (χ3v) is 4.39. The van der Waals surface area contributed by atoms with Gasteiger partial charge in [-0.25, -0.2) is 14.8 Å². The molecule has 5 heteroatoms. The molecule has 2 aromatic rings. The largest absolute Gasteiger partial charge is 0.478 e. The SMILES string of the molecule is CCc1nc(C)c(C(=O)O)c(SCCCc2ccccc2)n1. The van der Waals surface area contributed by atoms with Crippen molar-refractivity contribution in [1.29, 1.82) is 0 Å². The van der Waals surface area contributed by atoms with Gasteiger partial charge < -0.3 is 5.11 Å². The van der Waals surface area contributed by atoms with Crippen LogP contribution in [0.3, 0.4) is 0 Å². The van der Waals surface area contributed by atoms with Crippen LogP contribution in [0.2, 0.25) is 0 Å². The van der Waals surface area contributed by atoms with E-state index in [1.165, 1.54) is 17.3 Å². The van der Waals surface area contributed by atoms with Gasteiger partial charge in [-0.05, 0) is 31.1 Å². The van der Waals surface area contributed by atoms with Crippen molar-refractivity contribution < 1.29 is 9.90 Å². The van der Waals surface area contributed by atoms with Gasteiger partial charge in [0.2, 0.25) is 0 Å². The molecule has 1 N–H and O–H groups in total. The first-order valence-electron chi connectivity index (χ1n) is 7.39. The van der Waals surface area contributed by atoms with E-state index < -0.39 is 5.97 Å². The van der Waals surface area contributed by atoms with Crippen molar-refractivity contribution in [3.63, 3.8) is 0 Å². The Morgan fingerprint density at radius 2 is 1.95 bits per heavy atom. The highest BCUT2D eigenvalue weighted by Gasteiger charge is 2.17. The zero-order valence-electron chi connectivity index (χ0n) is 12.9. The van der Waals surface area contributed by atoms with Crippen LogP contribution in [0.15, 0.2) is 35.4 Å². The molecule has 0 radical (unpaired) electrons. The van der Waals surface area contributed by atoms with E-state index in [9.17, 15) is 9.90 Å². The Kier molecular flexibility index (Phi) is 5.95. The first kappa shape index (κ1) is 16.5. The van der Waals surface area contributed by atoms with E-state index in [4.69, 9.17) is 0 Å². The van der Waals surface area contributed by atoms with E-state index in [2.05, 4.69) is 22.1 Å². The molecule has 116 valence electrons. The van der Waals surface area contributed by atoms with Gasteiger partial charge in [-0.2, -0.15) is 0 Å². The summed E-state index contributed by atoms with van der Waals surface area (Å²) < 4.78 is 0. The molecule has 0 fully saturated rings. The van der Waals surface area contributed by atoms with Gasteiger partial charge in [0, 0.05) is 6.42 Å². The molecule has 22 heavy (non-hydrogen) atoms.